The Hall–Kier alpha value is -0.450. The van der Waals surface area contributed by atoms with E-state index in [2.05, 4.69) is 26.2 Å². The molecule has 0 spiro atoms. The van der Waals surface area contributed by atoms with Crippen molar-refractivity contribution in [1.29, 1.82) is 0 Å². The quantitative estimate of drug-likeness (QED) is 0.811. The predicted octanol–water partition coefficient (Wildman–Crippen LogP) is 1.50. The van der Waals surface area contributed by atoms with Gasteiger partial charge in [0.05, 0.1) is 24.9 Å². The van der Waals surface area contributed by atoms with Gasteiger partial charge in [0.1, 0.15) is 0 Å². The van der Waals surface area contributed by atoms with Crippen molar-refractivity contribution in [3.8, 4) is 0 Å². The average Bonchev–Trinajstić information content (AvgIpc) is 2.20. The lowest BCUT2D eigenvalue weighted by atomic mass is 10.2. The number of nitrogens with one attached hydrogen (secondary N) is 1. The lowest BCUT2D eigenvalue weighted by Crippen LogP contribution is -2.35. The Bertz CT molecular complexity index is 287. The summed E-state index contributed by atoms with van der Waals surface area (Å²) in [5, 5.41) is 3.36. The van der Waals surface area contributed by atoms with Gasteiger partial charge in [-0.2, -0.15) is 0 Å². The highest BCUT2D eigenvalue weighted by Gasteiger charge is 2.18. The average molecular weight is 243 g/mol. The van der Waals surface area contributed by atoms with Gasteiger partial charge in [-0.1, -0.05) is 0 Å². The van der Waals surface area contributed by atoms with Crippen molar-refractivity contribution in [3.63, 3.8) is 0 Å². The number of morpholine rings is 1. The molecule has 0 bridgehead atoms. The zero-order valence-electron chi connectivity index (χ0n) is 7.16. The van der Waals surface area contributed by atoms with E-state index in [1.54, 1.807) is 6.20 Å². The molecule has 1 fully saturated rings. The molecular formula is C9H11BrN2O. The van der Waals surface area contributed by atoms with Crippen LogP contribution in [-0.2, 0) is 4.74 Å². The molecule has 0 aliphatic carbocycles. The van der Waals surface area contributed by atoms with E-state index in [9.17, 15) is 0 Å². The molecule has 1 saturated heterocycles. The summed E-state index contributed by atoms with van der Waals surface area (Å²) < 4.78 is 6.41. The third-order valence-electron chi connectivity index (χ3n) is 2.04. The fourth-order valence-electron chi connectivity index (χ4n) is 1.40. The largest absolute Gasteiger partial charge is 0.378 e. The number of aromatic nitrogens is 1. The molecule has 0 aromatic carbocycles. The summed E-state index contributed by atoms with van der Waals surface area (Å²) >= 11 is 3.47. The Morgan fingerprint density at radius 2 is 2.54 bits per heavy atom. The molecule has 1 aromatic heterocycles. The molecule has 1 aliphatic heterocycles. The fraction of sp³-hybridized carbons (Fsp3) is 0.444. The van der Waals surface area contributed by atoms with Crippen LogP contribution < -0.4 is 5.32 Å². The minimum atomic E-state index is 0.226. The summed E-state index contributed by atoms with van der Waals surface area (Å²) in [7, 11) is 0. The van der Waals surface area contributed by atoms with Gasteiger partial charge in [0.2, 0.25) is 0 Å². The van der Waals surface area contributed by atoms with Crippen LogP contribution >= 0.6 is 15.9 Å². The van der Waals surface area contributed by atoms with Crippen LogP contribution in [0.2, 0.25) is 0 Å². The van der Waals surface area contributed by atoms with E-state index in [4.69, 9.17) is 4.74 Å². The fourth-order valence-corrected chi connectivity index (χ4v) is 1.93. The first kappa shape index (κ1) is 9.12. The number of hydrogen-bond acceptors (Lipinski definition) is 3. The summed E-state index contributed by atoms with van der Waals surface area (Å²) in [4.78, 5) is 4.31. The van der Waals surface area contributed by atoms with Crippen molar-refractivity contribution >= 4 is 15.9 Å². The molecule has 70 valence electrons. The van der Waals surface area contributed by atoms with E-state index in [1.807, 2.05) is 12.1 Å². The zero-order valence-corrected chi connectivity index (χ0v) is 8.75. The van der Waals surface area contributed by atoms with Gasteiger partial charge in [-0.05, 0) is 28.1 Å². The maximum Gasteiger partial charge on any atom is 0.0745 e. The van der Waals surface area contributed by atoms with Crippen LogP contribution in [0.25, 0.3) is 0 Å². The number of nitrogens with zero attached hydrogens (tertiary/aromatic N) is 1. The predicted molar refractivity (Wildman–Crippen MR) is 53.5 cm³/mol. The maximum absolute atomic E-state index is 5.37. The smallest absolute Gasteiger partial charge is 0.0745 e. The van der Waals surface area contributed by atoms with Crippen molar-refractivity contribution in [3.05, 3.63) is 28.5 Å². The highest BCUT2D eigenvalue weighted by atomic mass is 79.9. The summed E-state index contributed by atoms with van der Waals surface area (Å²) in [5.41, 5.74) is 1.03. The van der Waals surface area contributed by atoms with Crippen LogP contribution in [0, 0.1) is 0 Å². The summed E-state index contributed by atoms with van der Waals surface area (Å²) in [6, 6.07) is 4.14. The van der Waals surface area contributed by atoms with Crippen molar-refractivity contribution in [2.75, 3.05) is 19.8 Å². The van der Waals surface area contributed by atoms with E-state index in [0.717, 1.165) is 23.3 Å². The van der Waals surface area contributed by atoms with Crippen LogP contribution in [0.3, 0.4) is 0 Å². The van der Waals surface area contributed by atoms with E-state index >= 15 is 0 Å². The Labute approximate surface area is 85.6 Å². The number of halogens is 1. The molecule has 0 radical (unpaired) electrons. The van der Waals surface area contributed by atoms with Crippen LogP contribution in [0.1, 0.15) is 11.7 Å². The molecule has 2 heterocycles. The second kappa shape index (κ2) is 4.17. The molecule has 1 aromatic rings. The zero-order chi connectivity index (χ0) is 9.10. The van der Waals surface area contributed by atoms with Gasteiger partial charge in [-0.3, -0.25) is 4.98 Å². The maximum atomic E-state index is 5.37. The Morgan fingerprint density at radius 1 is 1.62 bits per heavy atom. The molecule has 1 atom stereocenters. The molecule has 3 nitrogen and oxygen atoms in total. The van der Waals surface area contributed by atoms with Crippen LogP contribution in [0.5, 0.6) is 0 Å². The number of ether oxygens (including phenoxy) is 1. The lowest BCUT2D eigenvalue weighted by molar-refractivity contribution is 0.0754. The van der Waals surface area contributed by atoms with Gasteiger partial charge in [-0.15, -0.1) is 0 Å². The van der Waals surface area contributed by atoms with Crippen molar-refractivity contribution in [1.82, 2.24) is 10.3 Å². The molecule has 1 aliphatic rings. The highest BCUT2D eigenvalue weighted by molar-refractivity contribution is 9.10. The van der Waals surface area contributed by atoms with Crippen molar-refractivity contribution < 1.29 is 4.74 Å². The molecule has 2 rings (SSSR count). The van der Waals surface area contributed by atoms with Gasteiger partial charge in [0.25, 0.3) is 0 Å². The molecule has 0 amide bonds. The first-order chi connectivity index (χ1) is 6.38. The van der Waals surface area contributed by atoms with E-state index in [0.29, 0.717) is 6.61 Å². The third kappa shape index (κ3) is 2.07. The second-order valence-electron chi connectivity index (χ2n) is 2.95. The minimum Gasteiger partial charge on any atom is -0.378 e. The van der Waals surface area contributed by atoms with Crippen LogP contribution in [0.4, 0.5) is 0 Å². The Morgan fingerprint density at radius 3 is 3.23 bits per heavy atom. The van der Waals surface area contributed by atoms with Gasteiger partial charge < -0.3 is 10.1 Å². The number of hydrogen-bond donors (Lipinski definition) is 1. The third-order valence-corrected chi connectivity index (χ3v) is 2.71. The summed E-state index contributed by atoms with van der Waals surface area (Å²) in [6.07, 6.45) is 1.80. The van der Waals surface area contributed by atoms with Crippen molar-refractivity contribution in [2.45, 2.75) is 6.04 Å². The highest BCUT2D eigenvalue weighted by Crippen LogP contribution is 2.21. The second-order valence-corrected chi connectivity index (χ2v) is 3.81. The van der Waals surface area contributed by atoms with Gasteiger partial charge in [0.15, 0.2) is 0 Å². The SMILES string of the molecule is Brc1cccnc1C1COCCN1. The summed E-state index contributed by atoms with van der Waals surface area (Å²) in [5.74, 6) is 0. The Balaban J connectivity index is 2.18. The molecule has 1 N–H and O–H groups in total. The Kier molecular flexibility index (Phi) is 2.93. The van der Waals surface area contributed by atoms with Gasteiger partial charge in [-0.25, -0.2) is 0 Å². The number of pyridine rings is 1. The standard InChI is InChI=1S/C9H11BrN2O/c10-7-2-1-3-12-9(7)8-6-13-5-4-11-8/h1-3,8,11H,4-6H2. The first-order valence-corrected chi connectivity index (χ1v) is 5.09. The van der Waals surface area contributed by atoms with E-state index < -0.39 is 0 Å². The molecular weight excluding hydrogens is 232 g/mol. The molecule has 1 unspecified atom stereocenters. The van der Waals surface area contributed by atoms with Gasteiger partial charge in [0, 0.05) is 17.2 Å². The minimum absolute atomic E-state index is 0.226. The van der Waals surface area contributed by atoms with E-state index in [1.165, 1.54) is 0 Å². The number of rotatable bonds is 1. The lowest BCUT2D eigenvalue weighted by Gasteiger charge is -2.23. The van der Waals surface area contributed by atoms with Gasteiger partial charge >= 0.3 is 0 Å². The van der Waals surface area contributed by atoms with Crippen LogP contribution in [0.15, 0.2) is 22.8 Å². The molecule has 13 heavy (non-hydrogen) atoms. The van der Waals surface area contributed by atoms with E-state index in [-0.39, 0.29) is 6.04 Å². The van der Waals surface area contributed by atoms with Crippen molar-refractivity contribution in [2.24, 2.45) is 0 Å². The molecule has 0 saturated carbocycles. The topological polar surface area (TPSA) is 34.1 Å². The monoisotopic (exact) mass is 242 g/mol. The first-order valence-electron chi connectivity index (χ1n) is 4.29. The normalized spacial score (nSPS) is 23.0. The summed E-state index contributed by atoms with van der Waals surface area (Å²) in [6.45, 7) is 2.39. The molecule has 4 heteroatoms. The van der Waals surface area contributed by atoms with Crippen LogP contribution in [-0.4, -0.2) is 24.7 Å².